The quantitative estimate of drug-likeness (QED) is 0.864. The van der Waals surface area contributed by atoms with E-state index in [1.165, 1.54) is 6.07 Å². The molecule has 0 aliphatic rings. The first kappa shape index (κ1) is 14.8. The predicted molar refractivity (Wildman–Crippen MR) is 61.4 cm³/mol. The number of aromatic carboxylic acids is 1. The molecule has 0 spiro atoms. The van der Waals surface area contributed by atoms with Crippen LogP contribution < -0.4 is 4.74 Å². The normalized spacial score (nSPS) is 11.6. The maximum Gasteiger partial charge on any atom is 0.392 e. The van der Waals surface area contributed by atoms with Crippen LogP contribution in [0.2, 0.25) is 0 Å². The van der Waals surface area contributed by atoms with Gasteiger partial charge in [0.1, 0.15) is 5.75 Å². The molecule has 0 aliphatic carbocycles. The van der Waals surface area contributed by atoms with Crippen molar-refractivity contribution in [3.63, 3.8) is 0 Å². The van der Waals surface area contributed by atoms with Gasteiger partial charge in [-0.1, -0.05) is 13.3 Å². The molecule has 0 aliphatic heterocycles. The summed E-state index contributed by atoms with van der Waals surface area (Å²) in [4.78, 5) is 11.7. The lowest BCUT2D eigenvalue weighted by molar-refractivity contribution is -0.139. The minimum absolute atomic E-state index is 0.0280. The summed E-state index contributed by atoms with van der Waals surface area (Å²) < 4.78 is 40.8. The van der Waals surface area contributed by atoms with E-state index in [0.717, 1.165) is 22.6 Å². The Morgan fingerprint density at radius 3 is 2.67 bits per heavy atom. The molecule has 3 nitrogen and oxygen atoms in total. The van der Waals surface area contributed by atoms with Crippen LogP contribution in [0.1, 0.15) is 34.3 Å². The number of thiophene rings is 1. The lowest BCUT2D eigenvalue weighted by Gasteiger charge is -2.07. The van der Waals surface area contributed by atoms with Crippen molar-refractivity contribution in [2.45, 2.75) is 32.4 Å². The lowest BCUT2D eigenvalue weighted by Crippen LogP contribution is -2.13. The molecule has 1 rings (SSSR count). The average molecular weight is 282 g/mol. The van der Waals surface area contributed by atoms with E-state index < -0.39 is 25.2 Å². The number of halogens is 3. The van der Waals surface area contributed by atoms with Crippen LogP contribution in [-0.4, -0.2) is 23.9 Å². The van der Waals surface area contributed by atoms with E-state index in [1.807, 2.05) is 6.92 Å². The van der Waals surface area contributed by atoms with Crippen LogP contribution in [0, 0.1) is 0 Å². The summed E-state index contributed by atoms with van der Waals surface area (Å²) in [5.74, 6) is -1.15. The minimum Gasteiger partial charge on any atom is -0.491 e. The Bertz CT molecular complexity index is 412. The fraction of sp³-hybridized carbons (Fsp3) is 0.545. The number of aryl methyl sites for hydroxylation is 1. The molecule has 0 aromatic carbocycles. The van der Waals surface area contributed by atoms with Gasteiger partial charge in [0.25, 0.3) is 0 Å². The lowest BCUT2D eigenvalue weighted by atomic mass is 10.3. The van der Waals surface area contributed by atoms with Crippen molar-refractivity contribution in [2.24, 2.45) is 0 Å². The van der Waals surface area contributed by atoms with E-state index >= 15 is 0 Å². The first-order chi connectivity index (χ1) is 8.33. The Labute approximate surface area is 106 Å². The number of hydrogen-bond donors (Lipinski definition) is 1. The highest BCUT2D eigenvalue weighted by molar-refractivity contribution is 7.14. The van der Waals surface area contributed by atoms with Crippen molar-refractivity contribution in [3.8, 4) is 5.75 Å². The van der Waals surface area contributed by atoms with Gasteiger partial charge < -0.3 is 9.84 Å². The Balaban J connectivity index is 2.71. The second kappa shape index (κ2) is 6.08. The zero-order valence-electron chi connectivity index (χ0n) is 9.71. The summed E-state index contributed by atoms with van der Waals surface area (Å²) >= 11 is 1.04. The van der Waals surface area contributed by atoms with E-state index in [9.17, 15) is 18.0 Å². The standard InChI is InChI=1S/C11H13F3O3S/c1-2-3-7-6-8(9(18-7)10(15)16)17-5-4-11(12,13)14/h6H,2-5H2,1H3,(H,15,16). The van der Waals surface area contributed by atoms with E-state index in [-0.39, 0.29) is 10.6 Å². The minimum atomic E-state index is -4.30. The molecule has 0 unspecified atom stereocenters. The summed E-state index contributed by atoms with van der Waals surface area (Å²) in [6, 6.07) is 1.51. The van der Waals surface area contributed by atoms with Crippen molar-refractivity contribution >= 4 is 17.3 Å². The molecule has 0 amide bonds. The molecule has 102 valence electrons. The summed E-state index contributed by atoms with van der Waals surface area (Å²) in [5, 5.41) is 8.91. The first-order valence-electron chi connectivity index (χ1n) is 5.39. The predicted octanol–water partition coefficient (Wildman–Crippen LogP) is 3.73. The molecule has 0 fully saturated rings. The summed E-state index contributed by atoms with van der Waals surface area (Å²) in [7, 11) is 0. The van der Waals surface area contributed by atoms with Crippen LogP contribution in [0.3, 0.4) is 0 Å². The number of carbonyl (C=O) groups is 1. The van der Waals surface area contributed by atoms with Gasteiger partial charge >= 0.3 is 12.1 Å². The number of carboxylic acid groups (broad SMARTS) is 1. The SMILES string of the molecule is CCCc1cc(OCCC(F)(F)F)c(C(=O)O)s1. The third-order valence-electron chi connectivity index (χ3n) is 2.08. The van der Waals surface area contributed by atoms with E-state index in [1.54, 1.807) is 0 Å². The summed E-state index contributed by atoms with van der Waals surface area (Å²) in [6.45, 7) is 1.37. The highest BCUT2D eigenvalue weighted by Gasteiger charge is 2.27. The largest absolute Gasteiger partial charge is 0.491 e. The van der Waals surface area contributed by atoms with Gasteiger partial charge in [-0.25, -0.2) is 4.79 Å². The molecule has 0 radical (unpaired) electrons. The Morgan fingerprint density at radius 2 is 2.17 bits per heavy atom. The van der Waals surface area contributed by atoms with Crippen LogP contribution in [0.25, 0.3) is 0 Å². The van der Waals surface area contributed by atoms with E-state index in [0.29, 0.717) is 6.42 Å². The molecule has 1 heterocycles. The molecule has 1 N–H and O–H groups in total. The molecule has 1 aromatic rings. The second-order valence-corrected chi connectivity index (χ2v) is 4.81. The monoisotopic (exact) mass is 282 g/mol. The van der Waals surface area contributed by atoms with Crippen LogP contribution in [-0.2, 0) is 6.42 Å². The molecular weight excluding hydrogens is 269 g/mol. The van der Waals surface area contributed by atoms with Gasteiger partial charge in [0.15, 0.2) is 4.88 Å². The molecular formula is C11H13F3O3S. The van der Waals surface area contributed by atoms with Crippen molar-refractivity contribution in [3.05, 3.63) is 15.8 Å². The van der Waals surface area contributed by atoms with Crippen molar-refractivity contribution in [1.29, 1.82) is 0 Å². The zero-order chi connectivity index (χ0) is 13.8. The fourth-order valence-electron chi connectivity index (χ4n) is 1.33. The third-order valence-corrected chi connectivity index (χ3v) is 3.25. The van der Waals surface area contributed by atoms with Crippen molar-refractivity contribution in [1.82, 2.24) is 0 Å². The van der Waals surface area contributed by atoms with Gasteiger partial charge in [-0.05, 0) is 12.5 Å². The third kappa shape index (κ3) is 4.56. The van der Waals surface area contributed by atoms with Crippen LogP contribution in [0.15, 0.2) is 6.07 Å². The van der Waals surface area contributed by atoms with Crippen LogP contribution >= 0.6 is 11.3 Å². The number of ether oxygens (including phenoxy) is 1. The van der Waals surface area contributed by atoms with Gasteiger partial charge in [0.2, 0.25) is 0 Å². The topological polar surface area (TPSA) is 46.5 Å². The van der Waals surface area contributed by atoms with Crippen LogP contribution in [0.5, 0.6) is 5.75 Å². The maximum absolute atomic E-state index is 11.9. The zero-order valence-corrected chi connectivity index (χ0v) is 10.5. The molecule has 0 saturated heterocycles. The molecule has 18 heavy (non-hydrogen) atoms. The molecule has 1 aromatic heterocycles. The molecule has 0 atom stereocenters. The first-order valence-corrected chi connectivity index (χ1v) is 6.20. The fourth-order valence-corrected chi connectivity index (χ4v) is 2.37. The number of alkyl halides is 3. The van der Waals surface area contributed by atoms with E-state index in [2.05, 4.69) is 0 Å². The summed E-state index contributed by atoms with van der Waals surface area (Å²) in [6.07, 6.45) is -3.87. The Morgan fingerprint density at radius 1 is 1.50 bits per heavy atom. The molecule has 0 bridgehead atoms. The van der Waals surface area contributed by atoms with Crippen molar-refractivity contribution < 1.29 is 27.8 Å². The highest BCUT2D eigenvalue weighted by Crippen LogP contribution is 2.31. The number of rotatable bonds is 6. The summed E-state index contributed by atoms with van der Waals surface area (Å²) in [5.41, 5.74) is 0. The Kier molecular flexibility index (Phi) is 5.01. The smallest absolute Gasteiger partial charge is 0.392 e. The van der Waals surface area contributed by atoms with Crippen LogP contribution in [0.4, 0.5) is 13.2 Å². The number of hydrogen-bond acceptors (Lipinski definition) is 3. The Hall–Kier alpha value is -1.24. The van der Waals surface area contributed by atoms with Gasteiger partial charge in [0, 0.05) is 4.88 Å². The highest BCUT2D eigenvalue weighted by atomic mass is 32.1. The van der Waals surface area contributed by atoms with Gasteiger partial charge in [-0.3, -0.25) is 0 Å². The number of carboxylic acids is 1. The average Bonchev–Trinajstić information content (AvgIpc) is 2.60. The van der Waals surface area contributed by atoms with E-state index in [4.69, 9.17) is 9.84 Å². The van der Waals surface area contributed by atoms with Gasteiger partial charge in [-0.2, -0.15) is 13.2 Å². The molecule has 0 saturated carbocycles. The van der Waals surface area contributed by atoms with Gasteiger partial charge in [0.05, 0.1) is 13.0 Å². The van der Waals surface area contributed by atoms with Gasteiger partial charge in [-0.15, -0.1) is 11.3 Å². The van der Waals surface area contributed by atoms with Crippen molar-refractivity contribution in [2.75, 3.05) is 6.61 Å². The maximum atomic E-state index is 11.9. The molecule has 7 heteroatoms. The second-order valence-electron chi connectivity index (χ2n) is 3.67.